The summed E-state index contributed by atoms with van der Waals surface area (Å²) in [5.74, 6) is 1.94. The molecule has 1 aliphatic carbocycles. The van der Waals surface area contributed by atoms with E-state index in [9.17, 15) is 0 Å². The second kappa shape index (κ2) is 8.87. The number of aliphatic imine (C=N–C) groups is 1. The molecule has 1 fully saturated rings. The van der Waals surface area contributed by atoms with Gasteiger partial charge in [-0.2, -0.15) is 0 Å². The first-order valence-corrected chi connectivity index (χ1v) is 7.64. The summed E-state index contributed by atoms with van der Waals surface area (Å²) < 4.78 is 1.12. The van der Waals surface area contributed by atoms with Gasteiger partial charge < -0.3 is 10.2 Å². The van der Waals surface area contributed by atoms with Crippen molar-refractivity contribution in [2.75, 3.05) is 20.6 Å². The predicted molar refractivity (Wildman–Crippen MR) is 99.7 cm³/mol. The highest BCUT2D eigenvalue weighted by atomic mass is 127. The zero-order valence-electron chi connectivity index (χ0n) is 12.1. The van der Waals surface area contributed by atoms with Gasteiger partial charge in [0.1, 0.15) is 0 Å². The molecule has 0 radical (unpaired) electrons. The van der Waals surface area contributed by atoms with Gasteiger partial charge in [-0.25, -0.2) is 0 Å². The van der Waals surface area contributed by atoms with Gasteiger partial charge in [0.2, 0.25) is 0 Å². The highest BCUT2D eigenvalue weighted by Gasteiger charge is 2.20. The van der Waals surface area contributed by atoms with Crippen molar-refractivity contribution >= 4 is 45.9 Å². The summed E-state index contributed by atoms with van der Waals surface area (Å²) in [5.41, 5.74) is 1.29. The normalized spacial score (nSPS) is 14.7. The van der Waals surface area contributed by atoms with Gasteiger partial charge in [0.05, 0.1) is 0 Å². The number of guanidine groups is 1. The number of rotatable bonds is 5. The van der Waals surface area contributed by atoms with Crippen LogP contribution in [0, 0.1) is 5.92 Å². The van der Waals surface area contributed by atoms with E-state index in [4.69, 9.17) is 0 Å². The smallest absolute Gasteiger partial charge is 0.193 e. The Morgan fingerprint density at radius 1 is 1.35 bits per heavy atom. The molecule has 1 aromatic rings. The van der Waals surface area contributed by atoms with Crippen LogP contribution in [-0.4, -0.2) is 31.5 Å². The summed E-state index contributed by atoms with van der Waals surface area (Å²) in [6.45, 7) is 1.90. The monoisotopic (exact) mass is 451 g/mol. The van der Waals surface area contributed by atoms with Crippen molar-refractivity contribution in [1.82, 2.24) is 10.2 Å². The van der Waals surface area contributed by atoms with Crippen LogP contribution in [-0.2, 0) is 6.54 Å². The average Bonchev–Trinajstić information content (AvgIpc) is 3.21. The van der Waals surface area contributed by atoms with E-state index in [-0.39, 0.29) is 24.0 Å². The third-order valence-corrected chi connectivity index (χ3v) is 3.97. The Labute approximate surface area is 147 Å². The molecule has 2 rings (SSSR count). The van der Waals surface area contributed by atoms with Gasteiger partial charge in [-0.15, -0.1) is 24.0 Å². The predicted octanol–water partition coefficient (Wildman–Crippen LogP) is 3.87. The van der Waals surface area contributed by atoms with Crippen molar-refractivity contribution in [3.63, 3.8) is 0 Å². The summed E-state index contributed by atoms with van der Waals surface area (Å²) in [4.78, 5) is 6.50. The molecule has 0 aromatic heterocycles. The van der Waals surface area contributed by atoms with Crippen molar-refractivity contribution in [1.29, 1.82) is 0 Å². The van der Waals surface area contributed by atoms with E-state index in [1.807, 2.05) is 7.05 Å². The Balaban J connectivity index is 0.00000200. The standard InChI is InChI=1S/C15H22BrN3.HI/c1-17-15(18-10-9-12-3-4-12)19(2)11-13-5-7-14(16)8-6-13;/h5-8,12H,3-4,9-11H2,1-2H3,(H,17,18);1H. The Morgan fingerprint density at radius 3 is 2.55 bits per heavy atom. The number of halogens is 2. The van der Waals surface area contributed by atoms with Crippen molar-refractivity contribution in [2.24, 2.45) is 10.9 Å². The molecule has 0 unspecified atom stereocenters. The summed E-state index contributed by atoms with van der Waals surface area (Å²) in [6.07, 6.45) is 4.09. The van der Waals surface area contributed by atoms with Gasteiger partial charge in [-0.05, 0) is 30.0 Å². The number of hydrogen-bond acceptors (Lipinski definition) is 1. The maximum Gasteiger partial charge on any atom is 0.193 e. The van der Waals surface area contributed by atoms with Gasteiger partial charge in [-0.1, -0.05) is 40.9 Å². The lowest BCUT2D eigenvalue weighted by Gasteiger charge is -2.22. The molecule has 5 heteroatoms. The highest BCUT2D eigenvalue weighted by Crippen LogP contribution is 2.31. The molecule has 0 spiro atoms. The van der Waals surface area contributed by atoms with E-state index in [0.717, 1.165) is 29.4 Å². The maximum absolute atomic E-state index is 4.34. The van der Waals surface area contributed by atoms with Crippen LogP contribution in [0.15, 0.2) is 33.7 Å². The zero-order chi connectivity index (χ0) is 13.7. The molecule has 0 saturated heterocycles. The van der Waals surface area contributed by atoms with Crippen LogP contribution in [0.4, 0.5) is 0 Å². The van der Waals surface area contributed by atoms with E-state index in [2.05, 4.69) is 62.5 Å². The number of nitrogens with one attached hydrogen (secondary N) is 1. The third-order valence-electron chi connectivity index (χ3n) is 3.44. The second-order valence-electron chi connectivity index (χ2n) is 5.19. The lowest BCUT2D eigenvalue weighted by atomic mass is 10.2. The molecule has 1 saturated carbocycles. The molecule has 3 nitrogen and oxygen atoms in total. The summed E-state index contributed by atoms with van der Waals surface area (Å²) >= 11 is 3.46. The fourth-order valence-electron chi connectivity index (χ4n) is 2.12. The molecule has 20 heavy (non-hydrogen) atoms. The van der Waals surface area contributed by atoms with Crippen LogP contribution in [0.1, 0.15) is 24.8 Å². The van der Waals surface area contributed by atoms with Gasteiger partial charge in [0.25, 0.3) is 0 Å². The van der Waals surface area contributed by atoms with Crippen LogP contribution < -0.4 is 5.32 Å². The Morgan fingerprint density at radius 2 is 2.00 bits per heavy atom. The SMILES string of the molecule is CN=C(NCCC1CC1)N(C)Cc1ccc(Br)cc1.I. The molecule has 0 atom stereocenters. The van der Waals surface area contributed by atoms with Crippen LogP contribution in [0.2, 0.25) is 0 Å². The van der Waals surface area contributed by atoms with Crippen molar-refractivity contribution in [3.05, 3.63) is 34.3 Å². The van der Waals surface area contributed by atoms with Gasteiger partial charge >= 0.3 is 0 Å². The Bertz CT molecular complexity index is 429. The second-order valence-corrected chi connectivity index (χ2v) is 6.10. The molecular formula is C15H23BrIN3. The first-order chi connectivity index (χ1) is 9.19. The van der Waals surface area contributed by atoms with Gasteiger partial charge in [0.15, 0.2) is 5.96 Å². The Kier molecular flexibility index (Phi) is 7.87. The zero-order valence-corrected chi connectivity index (χ0v) is 16.0. The summed E-state index contributed by atoms with van der Waals surface area (Å²) in [5, 5.41) is 3.44. The van der Waals surface area contributed by atoms with E-state index >= 15 is 0 Å². The molecule has 0 heterocycles. The average molecular weight is 452 g/mol. The molecule has 1 N–H and O–H groups in total. The van der Waals surface area contributed by atoms with E-state index in [0.29, 0.717) is 0 Å². The minimum Gasteiger partial charge on any atom is -0.356 e. The minimum atomic E-state index is 0. The highest BCUT2D eigenvalue weighted by molar-refractivity contribution is 14.0. The molecule has 112 valence electrons. The fraction of sp³-hybridized carbons (Fsp3) is 0.533. The van der Waals surface area contributed by atoms with Crippen LogP contribution in [0.25, 0.3) is 0 Å². The number of benzene rings is 1. The third kappa shape index (κ3) is 5.99. The minimum absolute atomic E-state index is 0. The molecule has 0 amide bonds. The summed E-state index contributed by atoms with van der Waals surface area (Å²) in [6, 6.07) is 8.43. The number of hydrogen-bond donors (Lipinski definition) is 1. The topological polar surface area (TPSA) is 27.6 Å². The van der Waals surface area contributed by atoms with Crippen LogP contribution in [0.5, 0.6) is 0 Å². The first kappa shape index (κ1) is 17.8. The largest absolute Gasteiger partial charge is 0.356 e. The van der Waals surface area contributed by atoms with Gasteiger partial charge in [-0.3, -0.25) is 4.99 Å². The molecule has 1 aromatic carbocycles. The molecule has 1 aliphatic rings. The molecule has 0 aliphatic heterocycles. The van der Waals surface area contributed by atoms with Crippen LogP contribution in [0.3, 0.4) is 0 Å². The Hall–Kier alpha value is -0.300. The van der Waals surface area contributed by atoms with Crippen LogP contribution >= 0.6 is 39.9 Å². The summed E-state index contributed by atoms with van der Waals surface area (Å²) in [7, 11) is 3.92. The van der Waals surface area contributed by atoms with E-state index in [1.54, 1.807) is 0 Å². The molecule has 0 bridgehead atoms. The van der Waals surface area contributed by atoms with Crippen molar-refractivity contribution in [3.8, 4) is 0 Å². The lowest BCUT2D eigenvalue weighted by Crippen LogP contribution is -2.38. The fourth-order valence-corrected chi connectivity index (χ4v) is 2.38. The maximum atomic E-state index is 4.34. The van der Waals surface area contributed by atoms with E-state index in [1.165, 1.54) is 24.8 Å². The lowest BCUT2D eigenvalue weighted by molar-refractivity contribution is 0.474. The van der Waals surface area contributed by atoms with Crippen molar-refractivity contribution < 1.29 is 0 Å². The first-order valence-electron chi connectivity index (χ1n) is 6.85. The van der Waals surface area contributed by atoms with Gasteiger partial charge in [0, 0.05) is 31.7 Å². The number of nitrogens with zero attached hydrogens (tertiary/aromatic N) is 2. The molecular weight excluding hydrogens is 429 g/mol. The van der Waals surface area contributed by atoms with Crippen molar-refractivity contribution in [2.45, 2.75) is 25.8 Å². The quantitative estimate of drug-likeness (QED) is 0.418. The van der Waals surface area contributed by atoms with E-state index < -0.39 is 0 Å².